The van der Waals surface area contributed by atoms with Gasteiger partial charge in [-0.15, -0.1) is 0 Å². The number of nitrogens with one attached hydrogen (secondary N) is 1. The lowest BCUT2D eigenvalue weighted by Gasteiger charge is -2.21. The molecular weight excluding hydrogens is 246 g/mol. The van der Waals surface area contributed by atoms with Crippen LogP contribution in [-0.2, 0) is 6.42 Å². The zero-order chi connectivity index (χ0) is 12.2. The maximum atomic E-state index is 5.41. The Labute approximate surface area is 112 Å². The fourth-order valence-corrected chi connectivity index (χ4v) is 3.79. The van der Waals surface area contributed by atoms with Gasteiger partial charge in [0.05, 0.1) is 0 Å². The second-order valence-corrected chi connectivity index (χ2v) is 6.46. The van der Waals surface area contributed by atoms with Gasteiger partial charge in [0.1, 0.15) is 0 Å². The maximum absolute atomic E-state index is 5.41. The van der Waals surface area contributed by atoms with Crippen molar-refractivity contribution in [1.29, 1.82) is 0 Å². The topological polar surface area (TPSA) is 51.0 Å². The van der Waals surface area contributed by atoms with Crippen LogP contribution in [0.3, 0.4) is 0 Å². The van der Waals surface area contributed by atoms with Gasteiger partial charge in [-0.05, 0) is 12.8 Å². The van der Waals surface area contributed by atoms with Gasteiger partial charge in [0.25, 0.3) is 0 Å². The van der Waals surface area contributed by atoms with Crippen molar-refractivity contribution >= 4 is 11.8 Å². The standard InChI is InChI=1S/C13H21N3OS/c1-2-4-10(5-3-1)13-15-12(17-16-13)8-11-9-18-7-6-14-11/h10-11,14H,1-9H2. The molecule has 4 nitrogen and oxygen atoms in total. The smallest absolute Gasteiger partial charge is 0.228 e. The number of hydrogen-bond acceptors (Lipinski definition) is 5. The van der Waals surface area contributed by atoms with Crippen LogP contribution in [0.5, 0.6) is 0 Å². The van der Waals surface area contributed by atoms with Crippen molar-refractivity contribution in [2.45, 2.75) is 50.5 Å². The van der Waals surface area contributed by atoms with E-state index in [0.29, 0.717) is 12.0 Å². The monoisotopic (exact) mass is 267 g/mol. The van der Waals surface area contributed by atoms with Crippen LogP contribution in [0.15, 0.2) is 4.52 Å². The van der Waals surface area contributed by atoms with Crippen molar-refractivity contribution in [3.8, 4) is 0 Å². The highest BCUT2D eigenvalue weighted by Crippen LogP contribution is 2.30. The Morgan fingerprint density at radius 1 is 1.28 bits per heavy atom. The predicted molar refractivity (Wildman–Crippen MR) is 72.9 cm³/mol. The van der Waals surface area contributed by atoms with Crippen molar-refractivity contribution < 1.29 is 4.52 Å². The molecule has 2 fully saturated rings. The van der Waals surface area contributed by atoms with Gasteiger partial charge in [-0.2, -0.15) is 16.7 Å². The first-order valence-electron chi connectivity index (χ1n) is 7.05. The first-order valence-corrected chi connectivity index (χ1v) is 8.21. The van der Waals surface area contributed by atoms with Crippen LogP contribution < -0.4 is 5.32 Å². The Hall–Kier alpha value is -0.550. The number of aromatic nitrogens is 2. The molecule has 1 saturated carbocycles. The molecule has 100 valence electrons. The van der Waals surface area contributed by atoms with E-state index in [0.717, 1.165) is 30.4 Å². The highest BCUT2D eigenvalue weighted by Gasteiger charge is 2.22. The zero-order valence-electron chi connectivity index (χ0n) is 10.7. The second-order valence-electron chi connectivity index (χ2n) is 5.31. The summed E-state index contributed by atoms with van der Waals surface area (Å²) in [6.45, 7) is 1.10. The zero-order valence-corrected chi connectivity index (χ0v) is 11.5. The van der Waals surface area contributed by atoms with Crippen molar-refractivity contribution in [1.82, 2.24) is 15.5 Å². The maximum Gasteiger partial charge on any atom is 0.228 e. The molecule has 0 aromatic carbocycles. The minimum Gasteiger partial charge on any atom is -0.339 e. The molecule has 0 amide bonds. The van der Waals surface area contributed by atoms with Crippen molar-refractivity contribution in [2.75, 3.05) is 18.1 Å². The van der Waals surface area contributed by atoms with E-state index in [1.807, 2.05) is 11.8 Å². The van der Waals surface area contributed by atoms with Crippen LogP contribution in [-0.4, -0.2) is 34.2 Å². The number of nitrogens with zero attached hydrogens (tertiary/aromatic N) is 2. The van der Waals surface area contributed by atoms with Gasteiger partial charge in [-0.1, -0.05) is 24.4 Å². The van der Waals surface area contributed by atoms with Crippen LogP contribution >= 0.6 is 11.8 Å². The van der Waals surface area contributed by atoms with E-state index in [4.69, 9.17) is 4.52 Å². The molecule has 2 aliphatic rings. The van der Waals surface area contributed by atoms with Crippen LogP contribution in [0.4, 0.5) is 0 Å². The molecule has 0 radical (unpaired) electrons. The van der Waals surface area contributed by atoms with E-state index in [9.17, 15) is 0 Å². The molecule has 2 heterocycles. The summed E-state index contributed by atoms with van der Waals surface area (Å²) in [7, 11) is 0. The number of hydrogen-bond donors (Lipinski definition) is 1. The summed E-state index contributed by atoms with van der Waals surface area (Å²) in [5.41, 5.74) is 0. The van der Waals surface area contributed by atoms with E-state index in [1.165, 1.54) is 37.9 Å². The molecule has 3 rings (SSSR count). The van der Waals surface area contributed by atoms with Gasteiger partial charge < -0.3 is 9.84 Å². The largest absolute Gasteiger partial charge is 0.339 e. The number of thioether (sulfide) groups is 1. The summed E-state index contributed by atoms with van der Waals surface area (Å²) in [6, 6.07) is 0.503. The quantitative estimate of drug-likeness (QED) is 0.911. The molecule has 0 spiro atoms. The van der Waals surface area contributed by atoms with Crippen LogP contribution in [0, 0.1) is 0 Å². The van der Waals surface area contributed by atoms with Gasteiger partial charge in [0, 0.05) is 36.4 Å². The summed E-state index contributed by atoms with van der Waals surface area (Å²) in [5.74, 6) is 4.68. The van der Waals surface area contributed by atoms with Crippen LogP contribution in [0.25, 0.3) is 0 Å². The number of rotatable bonds is 3. The van der Waals surface area contributed by atoms with Crippen molar-refractivity contribution in [2.24, 2.45) is 0 Å². The lowest BCUT2D eigenvalue weighted by atomic mass is 9.89. The fourth-order valence-electron chi connectivity index (χ4n) is 2.84. The first-order chi connectivity index (χ1) is 8.92. The minimum atomic E-state index is 0.503. The fraction of sp³-hybridized carbons (Fsp3) is 0.846. The lowest BCUT2D eigenvalue weighted by molar-refractivity contribution is 0.348. The van der Waals surface area contributed by atoms with E-state index in [1.54, 1.807) is 0 Å². The second kappa shape index (κ2) is 6.06. The summed E-state index contributed by atoms with van der Waals surface area (Å²) >= 11 is 2.00. The van der Waals surface area contributed by atoms with Crippen molar-refractivity contribution in [3.05, 3.63) is 11.7 Å². The molecule has 1 aromatic rings. The van der Waals surface area contributed by atoms with Crippen molar-refractivity contribution in [3.63, 3.8) is 0 Å². The molecule has 1 aromatic heterocycles. The minimum absolute atomic E-state index is 0.503. The highest BCUT2D eigenvalue weighted by molar-refractivity contribution is 7.99. The van der Waals surface area contributed by atoms with E-state index < -0.39 is 0 Å². The molecule has 1 N–H and O–H groups in total. The van der Waals surface area contributed by atoms with E-state index >= 15 is 0 Å². The average Bonchev–Trinajstić information content (AvgIpc) is 2.89. The van der Waals surface area contributed by atoms with E-state index in [-0.39, 0.29) is 0 Å². The molecule has 1 unspecified atom stereocenters. The van der Waals surface area contributed by atoms with Gasteiger partial charge >= 0.3 is 0 Å². The molecule has 0 bridgehead atoms. The Balaban J connectivity index is 1.58. The molecular formula is C13H21N3OS. The van der Waals surface area contributed by atoms with Crippen LogP contribution in [0.1, 0.15) is 49.7 Å². The molecule has 1 aliphatic heterocycles. The molecule has 18 heavy (non-hydrogen) atoms. The first kappa shape index (κ1) is 12.5. The third kappa shape index (κ3) is 3.06. The molecule has 5 heteroatoms. The molecule has 1 atom stereocenters. The Kier molecular flexibility index (Phi) is 4.20. The van der Waals surface area contributed by atoms with Crippen LogP contribution in [0.2, 0.25) is 0 Å². The van der Waals surface area contributed by atoms with Gasteiger partial charge in [-0.25, -0.2) is 0 Å². The Morgan fingerprint density at radius 2 is 2.17 bits per heavy atom. The summed E-state index contributed by atoms with van der Waals surface area (Å²) < 4.78 is 5.41. The van der Waals surface area contributed by atoms with Gasteiger partial charge in [0.15, 0.2) is 5.82 Å². The summed E-state index contributed by atoms with van der Waals surface area (Å²) in [4.78, 5) is 4.60. The normalized spacial score (nSPS) is 26.3. The third-order valence-electron chi connectivity index (χ3n) is 3.87. The predicted octanol–water partition coefficient (Wildman–Crippen LogP) is 2.36. The Bertz CT molecular complexity index is 370. The Morgan fingerprint density at radius 3 is 2.94 bits per heavy atom. The summed E-state index contributed by atoms with van der Waals surface area (Å²) in [6.07, 6.45) is 7.34. The average molecular weight is 267 g/mol. The van der Waals surface area contributed by atoms with E-state index in [2.05, 4.69) is 15.5 Å². The van der Waals surface area contributed by atoms with Gasteiger partial charge in [-0.3, -0.25) is 0 Å². The molecule has 1 saturated heterocycles. The highest BCUT2D eigenvalue weighted by atomic mass is 32.2. The SMILES string of the molecule is C1CCC(c2noc(CC3CSCCN3)n2)CC1. The van der Waals surface area contributed by atoms with Gasteiger partial charge in [0.2, 0.25) is 5.89 Å². The summed E-state index contributed by atoms with van der Waals surface area (Å²) in [5, 5.41) is 7.69. The lowest BCUT2D eigenvalue weighted by Crippen LogP contribution is -2.38. The molecule has 1 aliphatic carbocycles. The third-order valence-corrected chi connectivity index (χ3v) is 5.00.